The Hall–Kier alpha value is -3.46. The van der Waals surface area contributed by atoms with Crippen LogP contribution >= 0.6 is 0 Å². The Morgan fingerprint density at radius 1 is 1.03 bits per heavy atom. The van der Waals surface area contributed by atoms with Gasteiger partial charge in [-0.25, -0.2) is 17.8 Å². The number of amides is 1. The van der Waals surface area contributed by atoms with Gasteiger partial charge in [-0.2, -0.15) is 0 Å². The average molecular weight is 455 g/mol. The lowest BCUT2D eigenvalue weighted by Gasteiger charge is -2.17. The highest BCUT2D eigenvalue weighted by atomic mass is 32.2. The molecule has 0 spiro atoms. The molecule has 1 aromatic heterocycles. The molecule has 0 atom stereocenters. The summed E-state index contributed by atoms with van der Waals surface area (Å²) in [5.74, 6) is -0.0589. The molecule has 0 aliphatic carbocycles. The number of anilines is 2. The van der Waals surface area contributed by atoms with Gasteiger partial charge in [-0.1, -0.05) is 12.1 Å². The molecule has 0 unspecified atom stereocenters. The Bertz CT molecular complexity index is 1210. The molecule has 2 aromatic carbocycles. The maximum absolute atomic E-state index is 13.1. The minimum atomic E-state index is -3.98. The monoisotopic (exact) mass is 454 g/mol. The van der Waals surface area contributed by atoms with E-state index in [4.69, 9.17) is 0 Å². The van der Waals surface area contributed by atoms with Crippen LogP contribution in [0.2, 0.25) is 0 Å². The quantitative estimate of drug-likeness (QED) is 0.570. The van der Waals surface area contributed by atoms with E-state index in [1.54, 1.807) is 24.4 Å². The fraction of sp³-hybridized carbons (Fsp3) is 0.217. The predicted molar refractivity (Wildman–Crippen MR) is 121 cm³/mol. The van der Waals surface area contributed by atoms with E-state index in [2.05, 4.69) is 19.9 Å². The zero-order valence-corrected chi connectivity index (χ0v) is 18.1. The van der Waals surface area contributed by atoms with E-state index in [0.717, 1.165) is 49.4 Å². The van der Waals surface area contributed by atoms with Crippen molar-refractivity contribution in [3.63, 3.8) is 0 Å². The zero-order valence-electron chi connectivity index (χ0n) is 17.3. The molecule has 0 bridgehead atoms. The summed E-state index contributed by atoms with van der Waals surface area (Å²) in [5, 5.41) is 2.84. The highest BCUT2D eigenvalue weighted by Crippen LogP contribution is 2.21. The summed E-state index contributed by atoms with van der Waals surface area (Å²) in [6.07, 6.45) is 4.01. The van der Waals surface area contributed by atoms with Crippen molar-refractivity contribution in [3.05, 3.63) is 83.8 Å². The van der Waals surface area contributed by atoms with Gasteiger partial charge in [0.15, 0.2) is 0 Å². The molecule has 0 saturated carbocycles. The molecule has 32 heavy (non-hydrogen) atoms. The lowest BCUT2D eigenvalue weighted by atomic mass is 10.1. The number of halogens is 1. The largest absolute Gasteiger partial charge is 0.357 e. The lowest BCUT2D eigenvalue weighted by molar-refractivity contribution is 0.0952. The van der Waals surface area contributed by atoms with Gasteiger partial charge in [0.1, 0.15) is 11.6 Å². The van der Waals surface area contributed by atoms with Gasteiger partial charge in [-0.05, 0) is 66.9 Å². The van der Waals surface area contributed by atoms with Crippen LogP contribution in [0.3, 0.4) is 0 Å². The van der Waals surface area contributed by atoms with Gasteiger partial charge < -0.3 is 10.2 Å². The summed E-state index contributed by atoms with van der Waals surface area (Å²) in [6.45, 7) is 2.23. The minimum Gasteiger partial charge on any atom is -0.357 e. The fourth-order valence-electron chi connectivity index (χ4n) is 3.55. The number of nitrogens with one attached hydrogen (secondary N) is 2. The fourth-order valence-corrected chi connectivity index (χ4v) is 4.63. The van der Waals surface area contributed by atoms with Crippen molar-refractivity contribution in [2.24, 2.45) is 0 Å². The summed E-state index contributed by atoms with van der Waals surface area (Å²) >= 11 is 0. The van der Waals surface area contributed by atoms with Crippen LogP contribution in [0.1, 0.15) is 28.8 Å². The molecule has 1 amide bonds. The maximum Gasteiger partial charge on any atom is 0.261 e. The Morgan fingerprint density at radius 3 is 2.50 bits per heavy atom. The van der Waals surface area contributed by atoms with Crippen LogP contribution in [0.25, 0.3) is 0 Å². The van der Waals surface area contributed by atoms with Crippen LogP contribution in [0.5, 0.6) is 0 Å². The normalized spacial score (nSPS) is 13.7. The van der Waals surface area contributed by atoms with Crippen LogP contribution in [-0.4, -0.2) is 32.4 Å². The van der Waals surface area contributed by atoms with Crippen LogP contribution in [-0.2, 0) is 16.6 Å². The highest BCUT2D eigenvalue weighted by Gasteiger charge is 2.19. The molecule has 1 saturated heterocycles. The molecule has 4 rings (SSSR count). The molecule has 7 nitrogen and oxygen atoms in total. The van der Waals surface area contributed by atoms with Gasteiger partial charge in [-0.3, -0.25) is 9.52 Å². The van der Waals surface area contributed by atoms with E-state index >= 15 is 0 Å². The molecule has 166 valence electrons. The van der Waals surface area contributed by atoms with E-state index in [-0.39, 0.29) is 22.7 Å². The summed E-state index contributed by atoms with van der Waals surface area (Å²) < 4.78 is 40.9. The Kier molecular flexibility index (Phi) is 6.36. The van der Waals surface area contributed by atoms with E-state index < -0.39 is 21.7 Å². The van der Waals surface area contributed by atoms with E-state index in [1.165, 1.54) is 18.2 Å². The first kappa shape index (κ1) is 21.8. The Labute approximate surface area is 186 Å². The highest BCUT2D eigenvalue weighted by molar-refractivity contribution is 7.92. The SMILES string of the molecule is O=C(NCc1ccnc(N2CCCC2)c1)c1ccccc1NS(=O)(=O)c1ccc(F)cc1. The molecular formula is C23H23FN4O3S. The molecule has 0 radical (unpaired) electrons. The second-order valence-electron chi connectivity index (χ2n) is 7.50. The third kappa shape index (κ3) is 5.05. The molecule has 1 aliphatic heterocycles. The van der Waals surface area contributed by atoms with Crippen LogP contribution < -0.4 is 14.9 Å². The van der Waals surface area contributed by atoms with E-state index in [0.29, 0.717) is 0 Å². The number of hydrogen-bond donors (Lipinski definition) is 2. The first-order valence-corrected chi connectivity index (χ1v) is 11.8. The number of rotatable bonds is 7. The summed E-state index contributed by atoms with van der Waals surface area (Å²) in [7, 11) is -3.98. The average Bonchev–Trinajstić information content (AvgIpc) is 3.33. The minimum absolute atomic E-state index is 0.0969. The van der Waals surface area contributed by atoms with Gasteiger partial charge in [0.2, 0.25) is 0 Å². The first-order chi connectivity index (χ1) is 15.4. The number of para-hydroxylation sites is 1. The maximum atomic E-state index is 13.1. The topological polar surface area (TPSA) is 91.4 Å². The van der Waals surface area contributed by atoms with Gasteiger partial charge in [0.05, 0.1) is 16.1 Å². The van der Waals surface area contributed by atoms with Gasteiger partial charge >= 0.3 is 0 Å². The summed E-state index contributed by atoms with van der Waals surface area (Å²) in [4.78, 5) is 19.4. The Balaban J connectivity index is 1.47. The molecule has 3 aromatic rings. The lowest BCUT2D eigenvalue weighted by Crippen LogP contribution is -2.25. The standard InChI is InChI=1S/C23H23FN4O3S/c24-18-7-9-19(10-8-18)32(30,31)27-21-6-2-1-5-20(21)23(29)26-16-17-11-12-25-22(15-17)28-13-3-4-14-28/h1-2,5-12,15,27H,3-4,13-14,16H2,(H,26,29). The third-order valence-corrected chi connectivity index (χ3v) is 6.61. The zero-order chi connectivity index (χ0) is 22.6. The number of pyridine rings is 1. The van der Waals surface area contributed by atoms with E-state index in [9.17, 15) is 17.6 Å². The molecule has 1 fully saturated rings. The van der Waals surface area contributed by atoms with Crippen molar-refractivity contribution < 1.29 is 17.6 Å². The van der Waals surface area contributed by atoms with Gasteiger partial charge in [-0.15, -0.1) is 0 Å². The van der Waals surface area contributed by atoms with Crippen molar-refractivity contribution in [3.8, 4) is 0 Å². The number of sulfonamides is 1. The van der Waals surface area contributed by atoms with Crippen molar-refractivity contribution in [1.82, 2.24) is 10.3 Å². The molecule has 2 N–H and O–H groups in total. The van der Waals surface area contributed by atoms with Crippen molar-refractivity contribution in [2.45, 2.75) is 24.3 Å². The van der Waals surface area contributed by atoms with Crippen LogP contribution in [0.4, 0.5) is 15.9 Å². The molecule has 2 heterocycles. The number of benzene rings is 2. The van der Waals surface area contributed by atoms with Crippen LogP contribution in [0, 0.1) is 5.82 Å². The van der Waals surface area contributed by atoms with Gasteiger partial charge in [0, 0.05) is 25.8 Å². The van der Waals surface area contributed by atoms with Crippen molar-refractivity contribution in [1.29, 1.82) is 0 Å². The second-order valence-corrected chi connectivity index (χ2v) is 9.19. The first-order valence-electron chi connectivity index (χ1n) is 10.3. The molecule has 1 aliphatic rings. The van der Waals surface area contributed by atoms with Gasteiger partial charge in [0.25, 0.3) is 15.9 Å². The van der Waals surface area contributed by atoms with E-state index in [1.807, 2.05) is 12.1 Å². The third-order valence-electron chi connectivity index (χ3n) is 5.23. The number of nitrogens with zero attached hydrogens (tertiary/aromatic N) is 2. The second kappa shape index (κ2) is 9.35. The number of aromatic nitrogens is 1. The van der Waals surface area contributed by atoms with Crippen LogP contribution in [0.15, 0.2) is 71.8 Å². The Morgan fingerprint density at radius 2 is 1.75 bits per heavy atom. The summed E-state index contributed by atoms with van der Waals surface area (Å²) in [5.41, 5.74) is 1.23. The molecular weight excluding hydrogens is 431 g/mol. The number of carbonyl (C=O) groups excluding carboxylic acids is 1. The number of hydrogen-bond acceptors (Lipinski definition) is 5. The van der Waals surface area contributed by atoms with Crippen molar-refractivity contribution in [2.75, 3.05) is 22.7 Å². The number of carbonyl (C=O) groups is 1. The summed E-state index contributed by atoms with van der Waals surface area (Å²) in [6, 6.07) is 14.6. The predicted octanol–water partition coefficient (Wildman–Crippen LogP) is 3.55. The molecule has 9 heteroatoms. The van der Waals surface area contributed by atoms with Crippen molar-refractivity contribution >= 4 is 27.4 Å². The smallest absolute Gasteiger partial charge is 0.261 e.